The first-order valence-corrected chi connectivity index (χ1v) is 8.94. The van der Waals surface area contributed by atoms with Gasteiger partial charge in [-0.1, -0.05) is 34.1 Å². The molecule has 1 aliphatic rings. The molecular weight excluding hydrogens is 358 g/mol. The van der Waals surface area contributed by atoms with Gasteiger partial charge in [0.15, 0.2) is 0 Å². The molecule has 0 radical (unpaired) electrons. The van der Waals surface area contributed by atoms with Crippen LogP contribution in [0.3, 0.4) is 0 Å². The molecule has 0 saturated carbocycles. The summed E-state index contributed by atoms with van der Waals surface area (Å²) in [4.78, 5) is 30.5. The summed E-state index contributed by atoms with van der Waals surface area (Å²) in [6, 6.07) is -1.93. The average molecular weight is 393 g/mol. The quantitative estimate of drug-likeness (QED) is 0.301. The molecule has 3 unspecified atom stereocenters. The fourth-order valence-electron chi connectivity index (χ4n) is 2.01. The summed E-state index contributed by atoms with van der Waals surface area (Å²) in [5, 5.41) is 36.5. The lowest BCUT2D eigenvalue weighted by atomic mass is 10.0. The van der Waals surface area contributed by atoms with E-state index in [1.807, 2.05) is 27.7 Å². The molecule has 1 saturated heterocycles. The first-order valence-electron chi connectivity index (χ1n) is 8.94. The first kappa shape index (κ1) is 27.5. The van der Waals surface area contributed by atoms with Crippen molar-refractivity contribution in [1.82, 2.24) is 5.32 Å². The Morgan fingerprint density at radius 1 is 1.07 bits per heavy atom. The summed E-state index contributed by atoms with van der Waals surface area (Å²) >= 11 is 0. The van der Waals surface area contributed by atoms with Crippen LogP contribution in [0.4, 0.5) is 0 Å². The Morgan fingerprint density at radius 3 is 1.74 bits per heavy atom. The molecule has 9 N–H and O–H groups in total. The summed E-state index contributed by atoms with van der Waals surface area (Å²) in [6.45, 7) is 8.05. The number of carbonyl (C=O) groups is 3. The lowest BCUT2D eigenvalue weighted by molar-refractivity contribution is -0.140. The number of hydrogen-bond donors (Lipinski definition) is 7. The van der Waals surface area contributed by atoms with E-state index in [1.165, 1.54) is 0 Å². The molecule has 0 amide bonds. The van der Waals surface area contributed by atoms with Gasteiger partial charge in [0.2, 0.25) is 0 Å². The Labute approximate surface area is 159 Å². The van der Waals surface area contributed by atoms with Gasteiger partial charge >= 0.3 is 17.9 Å². The van der Waals surface area contributed by atoms with E-state index in [0.717, 1.165) is 6.42 Å². The van der Waals surface area contributed by atoms with Crippen LogP contribution in [0.5, 0.6) is 0 Å². The molecule has 1 fully saturated rings. The lowest BCUT2D eigenvalue weighted by Crippen LogP contribution is -2.36. The highest BCUT2D eigenvalue weighted by Gasteiger charge is 2.27. The number of aliphatic carboxylic acids is 3. The predicted molar refractivity (Wildman–Crippen MR) is 100 cm³/mol. The molecule has 0 spiro atoms. The van der Waals surface area contributed by atoms with Crippen LogP contribution >= 0.6 is 0 Å². The van der Waals surface area contributed by atoms with Gasteiger partial charge in [0.05, 0.1) is 6.10 Å². The number of rotatable bonds is 7. The molecule has 5 atom stereocenters. The second-order valence-corrected chi connectivity index (χ2v) is 7.01. The van der Waals surface area contributed by atoms with Crippen LogP contribution in [0.1, 0.15) is 47.0 Å². The third-order valence-electron chi connectivity index (χ3n) is 3.99. The zero-order chi connectivity index (χ0) is 21.7. The van der Waals surface area contributed by atoms with Crippen molar-refractivity contribution in [2.75, 3.05) is 6.54 Å². The summed E-state index contributed by atoms with van der Waals surface area (Å²) < 4.78 is 0. The topological polar surface area (TPSA) is 196 Å². The molecule has 1 heterocycles. The number of nitrogens with two attached hydrogens (primary N) is 2. The fraction of sp³-hybridized carbons (Fsp3) is 0.824. The van der Waals surface area contributed by atoms with Gasteiger partial charge in [-0.15, -0.1) is 0 Å². The van der Waals surface area contributed by atoms with E-state index in [9.17, 15) is 14.4 Å². The van der Waals surface area contributed by atoms with Gasteiger partial charge in [0.1, 0.15) is 18.1 Å². The Bertz CT molecular complexity index is 448. The standard InChI is InChI=1S/2C6H13NO2.C5H9NO3/c1-4(2)3-5(7)6(8)9;1-3-4(2)5(7)6(8)9;7-3-1-4(5(8)9)6-2-3/h2*4-5H,3,7H2,1-2H3,(H,8,9);3-4,6-7H,1-2H2,(H,8,9)/t;;3-,4+/m..1/s1. The number of aliphatic hydroxyl groups excluding tert-OH is 1. The van der Waals surface area contributed by atoms with Gasteiger partial charge in [0, 0.05) is 13.0 Å². The number of nitrogens with one attached hydrogen (secondary N) is 1. The van der Waals surface area contributed by atoms with E-state index in [-0.39, 0.29) is 5.92 Å². The van der Waals surface area contributed by atoms with E-state index >= 15 is 0 Å². The van der Waals surface area contributed by atoms with Gasteiger partial charge in [-0.25, -0.2) is 0 Å². The Hall–Kier alpha value is -1.75. The molecule has 1 aliphatic heterocycles. The maximum absolute atomic E-state index is 10.2. The van der Waals surface area contributed by atoms with Crippen molar-refractivity contribution in [3.8, 4) is 0 Å². The monoisotopic (exact) mass is 393 g/mol. The van der Waals surface area contributed by atoms with E-state index in [4.69, 9.17) is 31.9 Å². The number of carboxylic acids is 3. The summed E-state index contributed by atoms with van der Waals surface area (Å²) in [5.41, 5.74) is 10.5. The zero-order valence-corrected chi connectivity index (χ0v) is 16.5. The van der Waals surface area contributed by atoms with Gasteiger partial charge in [0.25, 0.3) is 0 Å². The summed E-state index contributed by atoms with van der Waals surface area (Å²) in [7, 11) is 0. The van der Waals surface area contributed by atoms with Gasteiger partial charge in [-0.05, 0) is 18.3 Å². The van der Waals surface area contributed by atoms with Crippen molar-refractivity contribution in [3.05, 3.63) is 0 Å². The van der Waals surface area contributed by atoms with Crippen LogP contribution in [0.2, 0.25) is 0 Å². The van der Waals surface area contributed by atoms with Crippen molar-refractivity contribution < 1.29 is 34.8 Å². The van der Waals surface area contributed by atoms with Crippen LogP contribution in [0, 0.1) is 11.8 Å². The second kappa shape index (κ2) is 14.3. The van der Waals surface area contributed by atoms with Crippen molar-refractivity contribution in [2.45, 2.75) is 71.2 Å². The molecule has 160 valence electrons. The maximum atomic E-state index is 10.2. The number of aliphatic hydroxyl groups is 1. The highest BCUT2D eigenvalue weighted by atomic mass is 16.4. The second-order valence-electron chi connectivity index (χ2n) is 7.01. The molecule has 0 bridgehead atoms. The first-order chi connectivity index (χ1) is 12.3. The average Bonchev–Trinajstić information content (AvgIpc) is 3.00. The highest BCUT2D eigenvalue weighted by molar-refractivity contribution is 5.74. The lowest BCUT2D eigenvalue weighted by Gasteiger charge is -2.11. The molecule has 0 aromatic heterocycles. The SMILES string of the molecule is CC(C)CC(N)C(=O)O.CCC(C)C(N)C(=O)O.O=C(O)[C@@H]1C[C@@H](O)CN1. The molecule has 1 rings (SSSR count). The van der Waals surface area contributed by atoms with Gasteiger partial charge in [-0.3, -0.25) is 14.4 Å². The molecule has 10 nitrogen and oxygen atoms in total. The van der Waals surface area contributed by atoms with Gasteiger partial charge < -0.3 is 37.2 Å². The van der Waals surface area contributed by atoms with Crippen molar-refractivity contribution >= 4 is 17.9 Å². The number of hydrogen-bond acceptors (Lipinski definition) is 7. The zero-order valence-electron chi connectivity index (χ0n) is 16.5. The third-order valence-corrected chi connectivity index (χ3v) is 3.99. The molecular formula is C17H35N3O7. The van der Waals surface area contributed by atoms with Crippen LogP contribution in [-0.4, -0.2) is 69.1 Å². The molecule has 27 heavy (non-hydrogen) atoms. The maximum Gasteiger partial charge on any atom is 0.320 e. The molecule has 0 aromatic carbocycles. The number of carboxylic acid groups (broad SMARTS) is 3. The Kier molecular flexibility index (Phi) is 14.6. The highest BCUT2D eigenvalue weighted by Crippen LogP contribution is 2.05. The third kappa shape index (κ3) is 14.0. The molecule has 10 heteroatoms. The van der Waals surface area contributed by atoms with Crippen LogP contribution in [0.25, 0.3) is 0 Å². The minimum atomic E-state index is -0.913. The van der Waals surface area contributed by atoms with E-state index < -0.39 is 42.1 Å². The smallest absolute Gasteiger partial charge is 0.320 e. The van der Waals surface area contributed by atoms with Crippen LogP contribution in [-0.2, 0) is 14.4 Å². The molecule has 0 aromatic rings. The normalized spacial score (nSPS) is 21.8. The van der Waals surface area contributed by atoms with Crippen LogP contribution in [0.15, 0.2) is 0 Å². The predicted octanol–water partition coefficient (Wildman–Crippen LogP) is -0.317. The van der Waals surface area contributed by atoms with Crippen molar-refractivity contribution in [3.63, 3.8) is 0 Å². The van der Waals surface area contributed by atoms with E-state index in [1.54, 1.807) is 0 Å². The van der Waals surface area contributed by atoms with Crippen molar-refractivity contribution in [1.29, 1.82) is 0 Å². The Morgan fingerprint density at radius 2 is 1.59 bits per heavy atom. The van der Waals surface area contributed by atoms with Crippen LogP contribution < -0.4 is 16.8 Å². The Balaban J connectivity index is 0. The minimum Gasteiger partial charge on any atom is -0.480 e. The summed E-state index contributed by atoms with van der Waals surface area (Å²) in [6.07, 6.45) is 1.21. The largest absolute Gasteiger partial charge is 0.480 e. The van der Waals surface area contributed by atoms with Gasteiger partial charge in [-0.2, -0.15) is 0 Å². The summed E-state index contributed by atoms with van der Waals surface area (Å²) in [5.74, 6) is -2.28. The fourth-order valence-corrected chi connectivity index (χ4v) is 2.01. The number of β-amino-alcohol motifs (C(OH)–C–C–N with tert-alkyl or cyclic N) is 1. The van der Waals surface area contributed by atoms with E-state index in [2.05, 4.69) is 5.32 Å². The minimum absolute atomic E-state index is 0.0718. The van der Waals surface area contributed by atoms with E-state index in [0.29, 0.717) is 25.3 Å². The van der Waals surface area contributed by atoms with Crippen molar-refractivity contribution in [2.24, 2.45) is 23.3 Å². The molecule has 0 aliphatic carbocycles.